The smallest absolute Gasteiger partial charge is 0.225 e. The lowest BCUT2D eigenvalue weighted by molar-refractivity contribution is -0.130. The van der Waals surface area contributed by atoms with Gasteiger partial charge in [0, 0.05) is 49.7 Å². The number of hydrogen-bond acceptors (Lipinski definition) is 4. The fourth-order valence-corrected chi connectivity index (χ4v) is 3.50. The summed E-state index contributed by atoms with van der Waals surface area (Å²) >= 11 is 0. The first kappa shape index (κ1) is 18.1. The first-order chi connectivity index (χ1) is 12.6. The van der Waals surface area contributed by atoms with Crippen molar-refractivity contribution in [1.29, 1.82) is 0 Å². The SMILES string of the molecule is CCC(CC)N1CC(C(=O)NCc2cccnc2-n2ccnc2)CC1=O. The van der Waals surface area contributed by atoms with Crippen LogP contribution in [0.2, 0.25) is 0 Å². The van der Waals surface area contributed by atoms with Crippen LogP contribution in [0.3, 0.4) is 0 Å². The summed E-state index contributed by atoms with van der Waals surface area (Å²) in [5.74, 6) is 0.467. The summed E-state index contributed by atoms with van der Waals surface area (Å²) in [6, 6.07) is 4.00. The van der Waals surface area contributed by atoms with Crippen molar-refractivity contribution in [3.63, 3.8) is 0 Å². The Bertz CT molecular complexity index is 755. The second-order valence-corrected chi connectivity index (χ2v) is 6.59. The van der Waals surface area contributed by atoms with E-state index in [-0.39, 0.29) is 23.8 Å². The largest absolute Gasteiger partial charge is 0.352 e. The van der Waals surface area contributed by atoms with Gasteiger partial charge in [0.1, 0.15) is 12.1 Å². The Balaban J connectivity index is 1.63. The number of hydrogen-bond donors (Lipinski definition) is 1. The van der Waals surface area contributed by atoms with Gasteiger partial charge in [-0.15, -0.1) is 0 Å². The van der Waals surface area contributed by atoms with Crippen LogP contribution in [0.15, 0.2) is 37.1 Å². The fourth-order valence-electron chi connectivity index (χ4n) is 3.50. The zero-order valence-corrected chi connectivity index (χ0v) is 15.3. The van der Waals surface area contributed by atoms with Crippen molar-refractivity contribution in [2.75, 3.05) is 6.54 Å². The third kappa shape index (κ3) is 3.76. The standard InChI is InChI=1S/C19H25N5O2/c1-3-16(4-2)24-12-15(10-17(24)25)19(26)22-11-14-6-5-7-21-18(14)23-9-8-20-13-23/h5-9,13,15-16H,3-4,10-12H2,1-2H3,(H,22,26). The lowest BCUT2D eigenvalue weighted by Gasteiger charge is -2.26. The Hall–Kier alpha value is -2.70. The molecular weight excluding hydrogens is 330 g/mol. The molecule has 7 nitrogen and oxygen atoms in total. The number of amides is 2. The predicted octanol–water partition coefficient (Wildman–Crippen LogP) is 1.92. The Morgan fingerprint density at radius 1 is 1.35 bits per heavy atom. The molecule has 7 heteroatoms. The number of likely N-dealkylation sites (tertiary alicyclic amines) is 1. The summed E-state index contributed by atoms with van der Waals surface area (Å²) in [5, 5.41) is 2.97. The third-order valence-electron chi connectivity index (χ3n) is 4.98. The summed E-state index contributed by atoms with van der Waals surface area (Å²) in [6.45, 7) is 5.04. The molecule has 2 aromatic heterocycles. The molecule has 1 unspecified atom stereocenters. The van der Waals surface area contributed by atoms with Crippen molar-refractivity contribution < 1.29 is 9.59 Å². The van der Waals surface area contributed by atoms with E-state index in [1.165, 1.54) is 0 Å². The molecule has 3 heterocycles. The third-order valence-corrected chi connectivity index (χ3v) is 4.98. The Kier molecular flexibility index (Phi) is 5.65. The molecule has 0 spiro atoms. The fraction of sp³-hybridized carbons (Fsp3) is 0.474. The number of aromatic nitrogens is 3. The highest BCUT2D eigenvalue weighted by Crippen LogP contribution is 2.23. The molecular formula is C19H25N5O2. The second-order valence-electron chi connectivity index (χ2n) is 6.59. The second kappa shape index (κ2) is 8.12. The normalized spacial score (nSPS) is 17.1. The molecule has 0 aliphatic carbocycles. The molecule has 1 fully saturated rings. The van der Waals surface area contributed by atoms with Crippen LogP contribution in [-0.2, 0) is 16.1 Å². The zero-order valence-electron chi connectivity index (χ0n) is 15.3. The van der Waals surface area contributed by atoms with Crippen LogP contribution in [0, 0.1) is 5.92 Å². The van der Waals surface area contributed by atoms with E-state index in [9.17, 15) is 9.59 Å². The van der Waals surface area contributed by atoms with Gasteiger partial charge >= 0.3 is 0 Å². The summed E-state index contributed by atoms with van der Waals surface area (Å²) in [6.07, 6.45) is 9.02. The van der Waals surface area contributed by atoms with Crippen molar-refractivity contribution in [1.82, 2.24) is 24.8 Å². The molecule has 1 saturated heterocycles. The van der Waals surface area contributed by atoms with Crippen molar-refractivity contribution in [2.45, 2.75) is 45.7 Å². The number of carbonyl (C=O) groups excluding carboxylic acids is 2. The number of pyridine rings is 1. The van der Waals surface area contributed by atoms with Gasteiger partial charge < -0.3 is 10.2 Å². The van der Waals surface area contributed by atoms with Gasteiger partial charge in [0.05, 0.1) is 5.92 Å². The van der Waals surface area contributed by atoms with Crippen LogP contribution in [-0.4, -0.2) is 43.8 Å². The van der Waals surface area contributed by atoms with Gasteiger partial charge in [-0.25, -0.2) is 9.97 Å². The maximum absolute atomic E-state index is 12.6. The van der Waals surface area contributed by atoms with Gasteiger partial charge in [-0.2, -0.15) is 0 Å². The van der Waals surface area contributed by atoms with Gasteiger partial charge in [-0.3, -0.25) is 14.2 Å². The molecule has 3 rings (SSSR count). The lowest BCUT2D eigenvalue weighted by atomic mass is 10.1. The summed E-state index contributed by atoms with van der Waals surface area (Å²) < 4.78 is 1.81. The minimum absolute atomic E-state index is 0.0766. The van der Waals surface area contributed by atoms with E-state index >= 15 is 0 Å². The molecule has 2 amide bonds. The molecule has 138 valence electrons. The van der Waals surface area contributed by atoms with E-state index in [1.807, 2.05) is 27.8 Å². The van der Waals surface area contributed by atoms with Crippen molar-refractivity contribution >= 4 is 11.8 Å². The maximum atomic E-state index is 12.6. The van der Waals surface area contributed by atoms with Crippen molar-refractivity contribution in [2.24, 2.45) is 5.92 Å². The van der Waals surface area contributed by atoms with Crippen LogP contribution in [0.25, 0.3) is 5.82 Å². The van der Waals surface area contributed by atoms with Gasteiger partial charge in [0.2, 0.25) is 11.8 Å². The maximum Gasteiger partial charge on any atom is 0.225 e. The Morgan fingerprint density at radius 3 is 2.85 bits per heavy atom. The van der Waals surface area contributed by atoms with E-state index in [1.54, 1.807) is 18.7 Å². The van der Waals surface area contributed by atoms with E-state index in [0.717, 1.165) is 24.2 Å². The van der Waals surface area contributed by atoms with Crippen molar-refractivity contribution in [3.8, 4) is 5.82 Å². The van der Waals surface area contributed by atoms with Crippen LogP contribution in [0.4, 0.5) is 0 Å². The molecule has 0 saturated carbocycles. The highest BCUT2D eigenvalue weighted by atomic mass is 16.2. The molecule has 1 aliphatic heterocycles. The van der Waals surface area contributed by atoms with Gasteiger partial charge in [-0.1, -0.05) is 19.9 Å². The van der Waals surface area contributed by atoms with E-state index in [2.05, 4.69) is 29.1 Å². The number of rotatable bonds is 7. The first-order valence-corrected chi connectivity index (χ1v) is 9.13. The average Bonchev–Trinajstić information content (AvgIpc) is 3.32. The monoisotopic (exact) mass is 355 g/mol. The van der Waals surface area contributed by atoms with Crippen LogP contribution in [0.5, 0.6) is 0 Å². The van der Waals surface area contributed by atoms with E-state index < -0.39 is 0 Å². The van der Waals surface area contributed by atoms with Crippen LogP contribution >= 0.6 is 0 Å². The summed E-state index contributed by atoms with van der Waals surface area (Å²) in [5.41, 5.74) is 0.903. The minimum Gasteiger partial charge on any atom is -0.352 e. The number of imidazole rings is 1. The van der Waals surface area contributed by atoms with E-state index in [4.69, 9.17) is 0 Å². The lowest BCUT2D eigenvalue weighted by Crippen LogP contribution is -2.37. The molecule has 2 aromatic rings. The van der Waals surface area contributed by atoms with Crippen LogP contribution in [0.1, 0.15) is 38.7 Å². The van der Waals surface area contributed by atoms with E-state index in [0.29, 0.717) is 19.5 Å². The quantitative estimate of drug-likeness (QED) is 0.823. The van der Waals surface area contributed by atoms with Gasteiger partial charge in [0.15, 0.2) is 0 Å². The number of carbonyl (C=O) groups is 2. The molecule has 1 N–H and O–H groups in total. The van der Waals surface area contributed by atoms with Crippen molar-refractivity contribution in [3.05, 3.63) is 42.6 Å². The van der Waals surface area contributed by atoms with Crippen LogP contribution < -0.4 is 5.32 Å². The van der Waals surface area contributed by atoms with Gasteiger partial charge in [0.25, 0.3) is 0 Å². The Labute approximate surface area is 153 Å². The molecule has 1 atom stereocenters. The molecule has 0 bridgehead atoms. The predicted molar refractivity (Wildman–Crippen MR) is 97.4 cm³/mol. The highest BCUT2D eigenvalue weighted by Gasteiger charge is 2.36. The number of nitrogens with zero attached hydrogens (tertiary/aromatic N) is 4. The summed E-state index contributed by atoms with van der Waals surface area (Å²) in [4.78, 5) is 35.1. The zero-order chi connectivity index (χ0) is 18.5. The first-order valence-electron chi connectivity index (χ1n) is 9.13. The Morgan fingerprint density at radius 2 is 2.15 bits per heavy atom. The average molecular weight is 355 g/mol. The molecule has 0 radical (unpaired) electrons. The minimum atomic E-state index is -0.281. The topological polar surface area (TPSA) is 80.1 Å². The highest BCUT2D eigenvalue weighted by molar-refractivity contribution is 5.89. The molecule has 0 aromatic carbocycles. The molecule has 1 aliphatic rings. The van der Waals surface area contributed by atoms with Gasteiger partial charge in [-0.05, 0) is 18.9 Å². The number of nitrogens with one attached hydrogen (secondary N) is 1. The molecule has 26 heavy (non-hydrogen) atoms. The summed E-state index contributed by atoms with van der Waals surface area (Å²) in [7, 11) is 0.